The summed E-state index contributed by atoms with van der Waals surface area (Å²) in [5.74, 6) is 1.56. The fourth-order valence-corrected chi connectivity index (χ4v) is 3.03. The van der Waals surface area contributed by atoms with Gasteiger partial charge in [0.1, 0.15) is 5.82 Å². The van der Waals surface area contributed by atoms with Crippen molar-refractivity contribution in [3.63, 3.8) is 0 Å². The van der Waals surface area contributed by atoms with Crippen LogP contribution >= 0.6 is 0 Å². The van der Waals surface area contributed by atoms with Crippen LogP contribution in [0.3, 0.4) is 0 Å². The lowest BCUT2D eigenvalue weighted by atomic mass is 9.90. The smallest absolute Gasteiger partial charge is 0.356 e. The maximum atomic E-state index is 12.7. The highest BCUT2D eigenvalue weighted by molar-refractivity contribution is 5.43. The number of aromatic nitrogens is 1. The molecular formula is C13H16F3N3. The van der Waals surface area contributed by atoms with Crippen molar-refractivity contribution in [2.24, 2.45) is 11.8 Å². The molecular weight excluding hydrogens is 255 g/mol. The molecule has 2 aliphatic heterocycles. The van der Waals surface area contributed by atoms with Gasteiger partial charge in [-0.25, -0.2) is 4.98 Å². The molecule has 0 unspecified atom stereocenters. The van der Waals surface area contributed by atoms with Crippen LogP contribution in [0.2, 0.25) is 0 Å². The molecule has 104 valence electrons. The Kier molecular flexibility index (Phi) is 3.12. The van der Waals surface area contributed by atoms with Gasteiger partial charge in [-0.1, -0.05) is 0 Å². The van der Waals surface area contributed by atoms with Crippen LogP contribution in [0.15, 0.2) is 18.3 Å². The Morgan fingerprint density at radius 1 is 1.26 bits per heavy atom. The van der Waals surface area contributed by atoms with Crippen LogP contribution in [0.4, 0.5) is 19.0 Å². The lowest BCUT2D eigenvalue weighted by Gasteiger charge is -2.23. The molecule has 6 heteroatoms. The number of rotatable bonds is 1. The largest absolute Gasteiger partial charge is 0.416 e. The number of pyridine rings is 1. The van der Waals surface area contributed by atoms with E-state index in [0.717, 1.165) is 44.7 Å². The summed E-state index contributed by atoms with van der Waals surface area (Å²) in [7, 11) is 0. The zero-order valence-electron chi connectivity index (χ0n) is 10.5. The van der Waals surface area contributed by atoms with Crippen LogP contribution in [-0.2, 0) is 6.18 Å². The molecule has 1 N–H and O–H groups in total. The van der Waals surface area contributed by atoms with Gasteiger partial charge < -0.3 is 10.2 Å². The van der Waals surface area contributed by atoms with E-state index in [0.29, 0.717) is 17.7 Å². The molecule has 2 fully saturated rings. The van der Waals surface area contributed by atoms with E-state index in [-0.39, 0.29) is 0 Å². The molecule has 1 aromatic heterocycles. The summed E-state index contributed by atoms with van der Waals surface area (Å²) in [6.07, 6.45) is -1.95. The predicted molar refractivity (Wildman–Crippen MR) is 65.9 cm³/mol. The van der Waals surface area contributed by atoms with Crippen molar-refractivity contribution in [2.45, 2.75) is 12.6 Å². The fourth-order valence-electron chi connectivity index (χ4n) is 3.03. The van der Waals surface area contributed by atoms with Crippen molar-refractivity contribution in [3.05, 3.63) is 23.9 Å². The molecule has 3 rings (SSSR count). The minimum Gasteiger partial charge on any atom is -0.356 e. The minimum atomic E-state index is -4.30. The lowest BCUT2D eigenvalue weighted by Crippen LogP contribution is -2.35. The van der Waals surface area contributed by atoms with Gasteiger partial charge in [0.05, 0.1) is 5.56 Å². The number of hydrogen-bond donors (Lipinski definition) is 1. The first-order valence-electron chi connectivity index (χ1n) is 6.53. The SMILES string of the molecule is FC(F)(F)c1ccnc(N2C[C@H]3CCNC[C@H]3C2)c1. The average molecular weight is 271 g/mol. The van der Waals surface area contributed by atoms with Gasteiger partial charge in [0.2, 0.25) is 0 Å². The summed E-state index contributed by atoms with van der Waals surface area (Å²) in [4.78, 5) is 6.08. The third-order valence-corrected chi connectivity index (χ3v) is 4.07. The van der Waals surface area contributed by atoms with Crippen molar-refractivity contribution < 1.29 is 13.2 Å². The highest BCUT2D eigenvalue weighted by atomic mass is 19.4. The molecule has 2 aliphatic rings. The fraction of sp³-hybridized carbons (Fsp3) is 0.615. The van der Waals surface area contributed by atoms with Gasteiger partial charge in [-0.3, -0.25) is 0 Å². The Labute approximate surface area is 109 Å². The van der Waals surface area contributed by atoms with Gasteiger partial charge >= 0.3 is 6.18 Å². The number of alkyl halides is 3. The van der Waals surface area contributed by atoms with E-state index >= 15 is 0 Å². The van der Waals surface area contributed by atoms with Crippen molar-refractivity contribution in [1.29, 1.82) is 0 Å². The lowest BCUT2D eigenvalue weighted by molar-refractivity contribution is -0.137. The third kappa shape index (κ3) is 2.54. The molecule has 19 heavy (non-hydrogen) atoms. The van der Waals surface area contributed by atoms with Crippen LogP contribution in [-0.4, -0.2) is 31.2 Å². The number of nitrogens with one attached hydrogen (secondary N) is 1. The average Bonchev–Trinajstić information content (AvgIpc) is 2.81. The first kappa shape index (κ1) is 12.7. The van der Waals surface area contributed by atoms with Gasteiger partial charge in [0, 0.05) is 19.3 Å². The molecule has 0 spiro atoms. The van der Waals surface area contributed by atoms with E-state index in [4.69, 9.17) is 0 Å². The van der Waals surface area contributed by atoms with Crippen LogP contribution in [0.5, 0.6) is 0 Å². The predicted octanol–water partition coefficient (Wildman–Crippen LogP) is 2.15. The molecule has 0 saturated carbocycles. The Balaban J connectivity index is 1.80. The van der Waals surface area contributed by atoms with Crippen molar-refractivity contribution >= 4 is 5.82 Å². The first-order valence-corrected chi connectivity index (χ1v) is 6.53. The van der Waals surface area contributed by atoms with Crippen LogP contribution in [0.25, 0.3) is 0 Å². The standard InChI is InChI=1S/C13H16F3N3/c14-13(15,16)11-2-4-18-12(5-11)19-7-9-1-3-17-6-10(9)8-19/h2,4-5,9-10,17H,1,3,6-8H2/t9-,10+/m1/s1. The van der Waals surface area contributed by atoms with Crippen molar-refractivity contribution in [1.82, 2.24) is 10.3 Å². The summed E-state index contributed by atoms with van der Waals surface area (Å²) in [5, 5.41) is 3.34. The second-order valence-corrected chi connectivity index (χ2v) is 5.32. The van der Waals surface area contributed by atoms with Gasteiger partial charge in [0.25, 0.3) is 0 Å². The Morgan fingerprint density at radius 2 is 2.05 bits per heavy atom. The van der Waals surface area contributed by atoms with E-state index in [1.807, 2.05) is 4.90 Å². The Morgan fingerprint density at radius 3 is 2.79 bits per heavy atom. The second kappa shape index (κ2) is 4.67. The zero-order chi connectivity index (χ0) is 13.5. The van der Waals surface area contributed by atoms with Crippen LogP contribution in [0, 0.1) is 11.8 Å². The van der Waals surface area contributed by atoms with E-state index in [1.165, 1.54) is 6.20 Å². The Hall–Kier alpha value is -1.30. The maximum absolute atomic E-state index is 12.7. The summed E-state index contributed by atoms with van der Waals surface area (Å²) in [5.41, 5.74) is -0.620. The molecule has 3 heterocycles. The highest BCUT2D eigenvalue weighted by Crippen LogP contribution is 2.34. The molecule has 3 nitrogen and oxygen atoms in total. The van der Waals surface area contributed by atoms with Gasteiger partial charge in [0.15, 0.2) is 0 Å². The quantitative estimate of drug-likeness (QED) is 0.848. The van der Waals surface area contributed by atoms with E-state index in [2.05, 4.69) is 10.3 Å². The van der Waals surface area contributed by atoms with E-state index in [9.17, 15) is 13.2 Å². The summed E-state index contributed by atoms with van der Waals surface area (Å²) in [6, 6.07) is 2.18. The number of anilines is 1. The van der Waals surface area contributed by atoms with Crippen LogP contribution in [0.1, 0.15) is 12.0 Å². The highest BCUT2D eigenvalue weighted by Gasteiger charge is 2.36. The monoisotopic (exact) mass is 271 g/mol. The molecule has 2 atom stereocenters. The molecule has 0 amide bonds. The summed E-state index contributed by atoms with van der Waals surface area (Å²) >= 11 is 0. The van der Waals surface area contributed by atoms with Gasteiger partial charge in [-0.2, -0.15) is 13.2 Å². The van der Waals surface area contributed by atoms with E-state index in [1.54, 1.807) is 0 Å². The second-order valence-electron chi connectivity index (χ2n) is 5.32. The molecule has 0 bridgehead atoms. The molecule has 2 saturated heterocycles. The number of nitrogens with zero attached hydrogens (tertiary/aromatic N) is 2. The van der Waals surface area contributed by atoms with Gasteiger partial charge in [-0.05, 0) is 43.5 Å². The van der Waals surface area contributed by atoms with Gasteiger partial charge in [-0.15, -0.1) is 0 Å². The topological polar surface area (TPSA) is 28.2 Å². The zero-order valence-corrected chi connectivity index (χ0v) is 10.5. The Bertz CT molecular complexity index is 447. The van der Waals surface area contributed by atoms with Crippen molar-refractivity contribution in [2.75, 3.05) is 31.1 Å². The number of halogens is 3. The maximum Gasteiger partial charge on any atom is 0.416 e. The summed E-state index contributed by atoms with van der Waals surface area (Å²) < 4.78 is 38.1. The molecule has 1 aromatic rings. The normalized spacial score (nSPS) is 27.4. The third-order valence-electron chi connectivity index (χ3n) is 4.07. The molecule has 0 radical (unpaired) electrons. The minimum absolute atomic E-state index is 0.448. The number of fused-ring (bicyclic) bond motifs is 1. The van der Waals surface area contributed by atoms with Crippen LogP contribution < -0.4 is 10.2 Å². The molecule has 0 aliphatic carbocycles. The number of hydrogen-bond acceptors (Lipinski definition) is 3. The number of piperidine rings is 1. The van der Waals surface area contributed by atoms with Crippen molar-refractivity contribution in [3.8, 4) is 0 Å². The first-order chi connectivity index (χ1) is 9.04. The molecule has 0 aromatic carbocycles. The van der Waals surface area contributed by atoms with E-state index < -0.39 is 11.7 Å². The summed E-state index contributed by atoms with van der Waals surface area (Å²) in [6.45, 7) is 3.58.